The summed E-state index contributed by atoms with van der Waals surface area (Å²) in [6.07, 6.45) is 7.28. The average molecular weight is 843 g/mol. The van der Waals surface area contributed by atoms with E-state index in [1.807, 2.05) is 12.1 Å². The summed E-state index contributed by atoms with van der Waals surface area (Å²) >= 11 is 1.92. The van der Waals surface area contributed by atoms with Crippen LogP contribution >= 0.6 is 22.7 Å². The third-order valence-electron chi connectivity index (χ3n) is 10.3. The predicted octanol–water partition coefficient (Wildman–Crippen LogP) is 5.35. The maximum Gasteiger partial charge on any atom is 0.354 e. The second-order valence-electron chi connectivity index (χ2n) is 15.4. The van der Waals surface area contributed by atoms with Gasteiger partial charge in [-0.2, -0.15) is 9.46 Å². The topological polar surface area (TPSA) is 267 Å². The van der Waals surface area contributed by atoms with Crippen LogP contribution in [0.3, 0.4) is 0 Å². The normalized spacial score (nSPS) is 19.5. The van der Waals surface area contributed by atoms with Gasteiger partial charge in [-0.1, -0.05) is 25.1 Å². The number of aliphatic hydroxyl groups excluding tert-OH is 1. The van der Waals surface area contributed by atoms with Crippen LogP contribution in [0.2, 0.25) is 0 Å². The molecule has 2 aromatic carbocycles. The fraction of sp³-hybridized carbons (Fsp3) is 0.444. The number of benzene rings is 2. The molecule has 10 N–H and O–H groups in total. The number of aromatic amines is 1. The van der Waals surface area contributed by atoms with Crippen molar-refractivity contribution in [2.45, 2.75) is 105 Å². The molecule has 2 aliphatic rings. The highest BCUT2D eigenvalue weighted by Crippen LogP contribution is 2.47. The Morgan fingerprint density at radius 2 is 1.66 bits per heavy atom. The van der Waals surface area contributed by atoms with E-state index in [1.54, 1.807) is 33.9 Å². The minimum atomic E-state index is -3.63. The van der Waals surface area contributed by atoms with E-state index in [4.69, 9.17) is 10.3 Å². The van der Waals surface area contributed by atoms with Gasteiger partial charge in [-0.05, 0) is 106 Å². The molecule has 0 aliphatic heterocycles. The Labute approximate surface area is 333 Å². The highest BCUT2D eigenvalue weighted by Gasteiger charge is 2.35. The predicted molar refractivity (Wildman–Crippen MR) is 218 cm³/mol. The largest absolute Gasteiger partial charge is 0.383 e. The molecule has 20 heteroatoms. The summed E-state index contributed by atoms with van der Waals surface area (Å²) in [6.45, 7) is 8.41. The summed E-state index contributed by atoms with van der Waals surface area (Å²) in [6, 6.07) is 5.34. The zero-order valence-electron chi connectivity index (χ0n) is 31.5. The van der Waals surface area contributed by atoms with Gasteiger partial charge in [-0.25, -0.2) is 33.5 Å². The van der Waals surface area contributed by atoms with Crippen LogP contribution in [0.15, 0.2) is 53.9 Å². The van der Waals surface area contributed by atoms with Crippen molar-refractivity contribution >= 4 is 70.8 Å². The number of anilines is 2. The van der Waals surface area contributed by atoms with E-state index in [9.17, 15) is 28.5 Å². The van der Waals surface area contributed by atoms with Crippen LogP contribution in [0.25, 0.3) is 10.9 Å². The molecule has 0 fully saturated rings. The quantitative estimate of drug-likeness (QED) is 0.0790. The van der Waals surface area contributed by atoms with Gasteiger partial charge in [0.15, 0.2) is 9.92 Å². The maximum absolute atomic E-state index is 13.4. The number of carbonyl (C=O) groups excluding carboxylic acids is 1. The number of hydrogen-bond donors (Lipinski definition) is 8. The molecule has 0 radical (unpaired) electrons. The number of thiazole rings is 2. The second-order valence-corrected chi connectivity index (χ2v) is 21.5. The molecule has 7 rings (SSSR count). The Hall–Kier alpha value is -3.86. The van der Waals surface area contributed by atoms with Crippen molar-refractivity contribution in [3.05, 3.63) is 74.6 Å². The summed E-state index contributed by atoms with van der Waals surface area (Å²) in [5.74, 6) is 0.345. The van der Waals surface area contributed by atoms with Crippen LogP contribution in [0.4, 0.5) is 16.2 Å². The van der Waals surface area contributed by atoms with Crippen molar-refractivity contribution < 1.29 is 28.5 Å². The van der Waals surface area contributed by atoms with E-state index in [0.29, 0.717) is 39.7 Å². The molecule has 16 nitrogen and oxygen atoms in total. The van der Waals surface area contributed by atoms with Crippen molar-refractivity contribution in [1.82, 2.24) is 20.2 Å². The molecule has 3 aromatic heterocycles. The number of H-pyrrole nitrogens is 1. The Morgan fingerprint density at radius 3 is 2.30 bits per heavy atom. The van der Waals surface area contributed by atoms with Gasteiger partial charge in [-0.15, -0.1) is 27.0 Å². The third-order valence-corrected chi connectivity index (χ3v) is 16.7. The number of carbonyl (C=O) groups is 1. The lowest BCUT2D eigenvalue weighted by Gasteiger charge is -2.19. The van der Waals surface area contributed by atoms with Crippen LogP contribution in [0.1, 0.15) is 91.2 Å². The zero-order valence-corrected chi connectivity index (χ0v) is 34.8. The highest BCUT2D eigenvalue weighted by molar-refractivity contribution is 7.94. The fourth-order valence-electron chi connectivity index (χ4n) is 7.41. The van der Waals surface area contributed by atoms with E-state index >= 15 is 0 Å². The number of aliphatic hydroxyl groups is 3. The van der Waals surface area contributed by atoms with E-state index in [1.165, 1.54) is 18.0 Å². The van der Waals surface area contributed by atoms with E-state index in [2.05, 4.69) is 52.5 Å². The number of nitrogens with one attached hydrogen (secondary N) is 3. The first kappa shape index (κ1) is 40.3. The Kier molecular flexibility index (Phi) is 10.7. The van der Waals surface area contributed by atoms with Gasteiger partial charge >= 0.3 is 6.03 Å². The lowest BCUT2D eigenvalue weighted by Crippen LogP contribution is -2.23. The molecule has 5 atom stereocenters. The van der Waals surface area contributed by atoms with Gasteiger partial charge in [0.1, 0.15) is 39.6 Å². The Balaban J connectivity index is 1.11. The molecule has 0 saturated heterocycles. The minimum Gasteiger partial charge on any atom is -0.383 e. The highest BCUT2D eigenvalue weighted by atomic mass is 32.2. The minimum absolute atomic E-state index is 0.0996. The molecule has 0 bridgehead atoms. The summed E-state index contributed by atoms with van der Waals surface area (Å²) in [4.78, 5) is 21.7. The van der Waals surface area contributed by atoms with Crippen LogP contribution in [-0.2, 0) is 56.7 Å². The van der Waals surface area contributed by atoms with Crippen LogP contribution in [0.5, 0.6) is 0 Å². The molecule has 0 saturated carbocycles. The first-order valence-corrected chi connectivity index (χ1v) is 22.8. The zero-order chi connectivity index (χ0) is 40.4. The number of urea groups is 1. The molecular weight excluding hydrogens is 797 g/mol. The monoisotopic (exact) mass is 842 g/mol. The van der Waals surface area contributed by atoms with Gasteiger partial charge < -0.3 is 26.0 Å². The maximum atomic E-state index is 13.4. The third kappa shape index (κ3) is 8.12. The lowest BCUT2D eigenvalue weighted by molar-refractivity contribution is 0.0777. The number of nitrogens with zero attached hydrogens (tertiary/aromatic N) is 5. The molecule has 2 amide bonds. The first-order valence-electron chi connectivity index (χ1n) is 18.1. The van der Waals surface area contributed by atoms with Crippen molar-refractivity contribution in [3.63, 3.8) is 0 Å². The summed E-state index contributed by atoms with van der Waals surface area (Å²) in [5, 5.41) is 58.4. The lowest BCUT2D eigenvalue weighted by atomic mass is 9.88. The van der Waals surface area contributed by atoms with Crippen LogP contribution in [-0.4, -0.2) is 56.3 Å². The second kappa shape index (κ2) is 14.8. The summed E-state index contributed by atoms with van der Waals surface area (Å²) in [5.41, 5.74) is 4.67. The van der Waals surface area contributed by atoms with Crippen LogP contribution < -0.4 is 20.9 Å². The number of amides is 2. The average Bonchev–Trinajstić information content (AvgIpc) is 3.94. The first-order chi connectivity index (χ1) is 26.2. The fourth-order valence-corrected chi connectivity index (χ4v) is 11.6. The molecule has 2 aliphatic carbocycles. The van der Waals surface area contributed by atoms with E-state index in [0.717, 1.165) is 76.0 Å². The number of nitrogens with two attached hydrogens (primary N) is 2. The van der Waals surface area contributed by atoms with Crippen molar-refractivity contribution in [2.75, 3.05) is 10.6 Å². The standard InChI is InChI=1S/C36H46N10O6S4/c1-18-20(11-9-19-10-12-22-15-41-44-29(22)28(19)42-33(47)45-55(37,51)26-16-39-31(53-26)35(2,3)49)13-25-24(18)14-21-7-6-8-23(21)30(25)43-34(48)46-56(38,52)27-17-40-32(54-27)36(4,5)50/h10,12,14-18,20,33,42,47,49-50H,6-9,11,13H2,1-5H3,(H,41,44)(H2,37,45,51)(H3,38,43,46,48,52). The smallest absolute Gasteiger partial charge is 0.354 e. The van der Waals surface area contributed by atoms with Gasteiger partial charge in [0, 0.05) is 11.1 Å². The molecule has 300 valence electrons. The SMILES string of the molecule is CC1c2cc3c(c(NC(=O)N=S(N)(=O)c4cnc(C(C)(C)O)s4)c2CC1CCc1ccc2cn[nH]c2c1NC(O)N=S(N)(=O)c1cnc(C(C)(C)O)s1)CCC3. The van der Waals surface area contributed by atoms with Gasteiger partial charge in [0.05, 0.1) is 29.8 Å². The van der Waals surface area contributed by atoms with E-state index < -0.39 is 43.4 Å². The molecule has 0 spiro atoms. The molecule has 3 heterocycles. The molecule has 5 unspecified atom stereocenters. The Morgan fingerprint density at radius 1 is 1.00 bits per heavy atom. The van der Waals surface area contributed by atoms with Crippen molar-refractivity contribution in [3.8, 4) is 0 Å². The van der Waals surface area contributed by atoms with Crippen LogP contribution in [0, 0.1) is 5.92 Å². The molecular formula is C36H46N10O6S4. The number of aryl methyl sites for hydroxylation is 2. The number of hydrogen-bond acceptors (Lipinski definition) is 13. The summed E-state index contributed by atoms with van der Waals surface area (Å²) in [7, 11) is -7.20. The number of fused-ring (bicyclic) bond motifs is 3. The summed E-state index contributed by atoms with van der Waals surface area (Å²) < 4.78 is 35.0. The molecule has 56 heavy (non-hydrogen) atoms. The molecule has 5 aromatic rings. The van der Waals surface area contributed by atoms with Gasteiger partial charge in [0.2, 0.25) is 6.35 Å². The van der Waals surface area contributed by atoms with Gasteiger partial charge in [0.25, 0.3) is 0 Å². The van der Waals surface area contributed by atoms with Crippen molar-refractivity contribution in [1.29, 1.82) is 0 Å². The Bertz CT molecular complexity index is 2590. The number of rotatable bonds is 11. The van der Waals surface area contributed by atoms with E-state index in [-0.39, 0.29) is 20.3 Å². The van der Waals surface area contributed by atoms with Crippen molar-refractivity contribution in [2.24, 2.45) is 24.9 Å². The van der Waals surface area contributed by atoms with Gasteiger partial charge in [-0.3, -0.25) is 5.10 Å². The number of aromatic nitrogens is 4.